The molecule has 1 atom stereocenters. The summed E-state index contributed by atoms with van der Waals surface area (Å²) < 4.78 is 0. The van der Waals surface area contributed by atoms with Gasteiger partial charge in [-0.1, -0.05) is 43.5 Å². The first-order valence-corrected chi connectivity index (χ1v) is 7.78. The van der Waals surface area contributed by atoms with Crippen LogP contribution in [0.25, 0.3) is 0 Å². The fourth-order valence-electron chi connectivity index (χ4n) is 3.59. The van der Waals surface area contributed by atoms with Crippen molar-refractivity contribution >= 4 is 0 Å². The molecule has 3 rings (SSSR count). The number of hydrogen-bond acceptors (Lipinski definition) is 2. The van der Waals surface area contributed by atoms with Crippen molar-refractivity contribution in [1.82, 2.24) is 5.32 Å². The summed E-state index contributed by atoms with van der Waals surface area (Å²) in [6.07, 6.45) is 9.11. The van der Waals surface area contributed by atoms with Crippen LogP contribution >= 0.6 is 0 Å². The van der Waals surface area contributed by atoms with E-state index < -0.39 is 5.60 Å². The minimum atomic E-state index is -0.435. The predicted octanol–water partition coefficient (Wildman–Crippen LogP) is 2.83. The van der Waals surface area contributed by atoms with Gasteiger partial charge in [0, 0.05) is 12.6 Å². The van der Waals surface area contributed by atoms with Gasteiger partial charge in [0.25, 0.3) is 0 Å². The number of aliphatic hydroxyl groups is 1. The second-order valence-electron chi connectivity index (χ2n) is 6.37. The topological polar surface area (TPSA) is 32.3 Å². The van der Waals surface area contributed by atoms with Crippen molar-refractivity contribution in [3.63, 3.8) is 0 Å². The highest BCUT2D eigenvalue weighted by molar-refractivity contribution is 5.30. The Labute approximate surface area is 116 Å². The highest BCUT2D eigenvalue weighted by Crippen LogP contribution is 2.28. The lowest BCUT2D eigenvalue weighted by Crippen LogP contribution is -2.47. The van der Waals surface area contributed by atoms with Gasteiger partial charge in [-0.3, -0.25) is 0 Å². The number of rotatable bonds is 3. The molecule has 2 aliphatic carbocycles. The van der Waals surface area contributed by atoms with Crippen LogP contribution < -0.4 is 5.32 Å². The molecule has 1 saturated carbocycles. The van der Waals surface area contributed by atoms with E-state index in [4.69, 9.17) is 0 Å². The van der Waals surface area contributed by atoms with Crippen LogP contribution in [0.15, 0.2) is 24.3 Å². The van der Waals surface area contributed by atoms with Gasteiger partial charge in [0.15, 0.2) is 0 Å². The second kappa shape index (κ2) is 5.64. The van der Waals surface area contributed by atoms with E-state index in [2.05, 4.69) is 29.6 Å². The largest absolute Gasteiger partial charge is 0.389 e. The summed E-state index contributed by atoms with van der Waals surface area (Å²) in [6, 6.07) is 9.31. The number of hydrogen-bond donors (Lipinski definition) is 2. The summed E-state index contributed by atoms with van der Waals surface area (Å²) in [5.74, 6) is 0. The van der Waals surface area contributed by atoms with Crippen molar-refractivity contribution < 1.29 is 5.11 Å². The minimum Gasteiger partial charge on any atom is -0.389 e. The molecule has 19 heavy (non-hydrogen) atoms. The highest BCUT2D eigenvalue weighted by Gasteiger charge is 2.30. The molecule has 2 aliphatic rings. The van der Waals surface area contributed by atoms with Crippen LogP contribution in [-0.4, -0.2) is 23.3 Å². The van der Waals surface area contributed by atoms with Gasteiger partial charge in [-0.05, 0) is 43.2 Å². The summed E-state index contributed by atoms with van der Waals surface area (Å²) in [5, 5.41) is 14.2. The summed E-state index contributed by atoms with van der Waals surface area (Å²) in [4.78, 5) is 0. The van der Waals surface area contributed by atoms with E-state index in [1.807, 2.05) is 0 Å². The second-order valence-corrected chi connectivity index (χ2v) is 6.37. The van der Waals surface area contributed by atoms with Gasteiger partial charge in [0.2, 0.25) is 0 Å². The predicted molar refractivity (Wildman–Crippen MR) is 78.3 cm³/mol. The summed E-state index contributed by atoms with van der Waals surface area (Å²) >= 11 is 0. The Kier molecular flexibility index (Phi) is 3.90. The molecule has 0 radical (unpaired) electrons. The summed E-state index contributed by atoms with van der Waals surface area (Å²) in [6.45, 7) is 0.778. The molecule has 0 saturated heterocycles. The van der Waals surface area contributed by atoms with Crippen LogP contribution in [0.1, 0.15) is 49.7 Å². The van der Waals surface area contributed by atoms with Crippen molar-refractivity contribution in [2.24, 2.45) is 0 Å². The molecule has 0 amide bonds. The van der Waals surface area contributed by atoms with E-state index in [9.17, 15) is 5.11 Å². The highest BCUT2D eigenvalue weighted by atomic mass is 16.3. The van der Waals surface area contributed by atoms with Crippen LogP contribution in [0.2, 0.25) is 0 Å². The minimum absolute atomic E-state index is 0.435. The Hall–Kier alpha value is -0.860. The zero-order valence-corrected chi connectivity index (χ0v) is 11.7. The zero-order chi connectivity index (χ0) is 13.1. The normalized spacial score (nSPS) is 25.8. The van der Waals surface area contributed by atoms with E-state index in [0.29, 0.717) is 6.04 Å². The molecular formula is C17H25NO. The zero-order valence-electron chi connectivity index (χ0n) is 11.7. The summed E-state index contributed by atoms with van der Waals surface area (Å²) in [7, 11) is 0. The molecule has 2 nitrogen and oxygen atoms in total. The molecule has 1 fully saturated rings. The maximum Gasteiger partial charge on any atom is 0.0771 e. The third-order valence-electron chi connectivity index (χ3n) is 4.85. The molecule has 0 aliphatic heterocycles. The molecule has 0 spiro atoms. The van der Waals surface area contributed by atoms with Crippen molar-refractivity contribution in [1.29, 1.82) is 0 Å². The van der Waals surface area contributed by atoms with Gasteiger partial charge in [-0.25, -0.2) is 0 Å². The van der Waals surface area contributed by atoms with Gasteiger partial charge in [0.05, 0.1) is 5.60 Å². The van der Waals surface area contributed by atoms with E-state index in [-0.39, 0.29) is 0 Å². The van der Waals surface area contributed by atoms with Crippen LogP contribution in [0.4, 0.5) is 0 Å². The first-order chi connectivity index (χ1) is 9.25. The standard InChI is InChI=1S/C17H25NO/c19-17(10-4-1-5-11-17)13-18-16-9-8-14-6-2-3-7-15(14)12-16/h2-3,6-7,16,18-19H,1,4-5,8-13H2. The molecule has 0 aromatic heterocycles. The Morgan fingerprint density at radius 3 is 2.63 bits per heavy atom. The third kappa shape index (κ3) is 3.18. The van der Waals surface area contributed by atoms with Gasteiger partial charge in [-0.15, -0.1) is 0 Å². The molecule has 2 N–H and O–H groups in total. The van der Waals surface area contributed by atoms with Crippen molar-refractivity contribution in [2.75, 3.05) is 6.54 Å². The molecule has 1 aromatic rings. The SMILES string of the molecule is OC1(CNC2CCc3ccccc3C2)CCCCC1. The molecule has 0 heterocycles. The number of aryl methyl sites for hydroxylation is 1. The third-order valence-corrected chi connectivity index (χ3v) is 4.85. The lowest BCUT2D eigenvalue weighted by atomic mass is 9.83. The van der Waals surface area contributed by atoms with Crippen molar-refractivity contribution in [3.05, 3.63) is 35.4 Å². The Balaban J connectivity index is 1.54. The lowest BCUT2D eigenvalue weighted by molar-refractivity contribution is 0.00230. The van der Waals surface area contributed by atoms with Gasteiger partial charge in [-0.2, -0.15) is 0 Å². The maximum absolute atomic E-state index is 10.5. The van der Waals surface area contributed by atoms with Gasteiger partial charge in [0.1, 0.15) is 0 Å². The van der Waals surface area contributed by atoms with Crippen LogP contribution in [0, 0.1) is 0 Å². The van der Waals surface area contributed by atoms with Crippen LogP contribution in [0.3, 0.4) is 0 Å². The first-order valence-electron chi connectivity index (χ1n) is 7.78. The Bertz CT molecular complexity index is 423. The van der Waals surface area contributed by atoms with E-state index in [1.165, 1.54) is 43.2 Å². The molecule has 0 bridgehead atoms. The Morgan fingerprint density at radius 1 is 1.11 bits per heavy atom. The van der Waals surface area contributed by atoms with Gasteiger partial charge < -0.3 is 10.4 Å². The Morgan fingerprint density at radius 2 is 1.84 bits per heavy atom. The average Bonchev–Trinajstić information content (AvgIpc) is 2.46. The van der Waals surface area contributed by atoms with E-state index in [0.717, 1.165) is 25.8 Å². The van der Waals surface area contributed by atoms with Crippen molar-refractivity contribution in [3.8, 4) is 0 Å². The quantitative estimate of drug-likeness (QED) is 0.875. The first kappa shape index (κ1) is 13.1. The molecule has 2 heteroatoms. The average molecular weight is 259 g/mol. The van der Waals surface area contributed by atoms with Crippen molar-refractivity contribution in [2.45, 2.75) is 63.0 Å². The smallest absolute Gasteiger partial charge is 0.0771 e. The fraction of sp³-hybridized carbons (Fsp3) is 0.647. The fourth-order valence-corrected chi connectivity index (χ4v) is 3.59. The number of fused-ring (bicyclic) bond motifs is 1. The monoisotopic (exact) mass is 259 g/mol. The molecule has 104 valence electrons. The van der Waals surface area contributed by atoms with E-state index >= 15 is 0 Å². The number of benzene rings is 1. The van der Waals surface area contributed by atoms with Gasteiger partial charge >= 0.3 is 0 Å². The molecular weight excluding hydrogens is 234 g/mol. The van der Waals surface area contributed by atoms with Crippen LogP contribution in [-0.2, 0) is 12.8 Å². The lowest BCUT2D eigenvalue weighted by Gasteiger charge is -2.35. The number of nitrogens with one attached hydrogen (secondary N) is 1. The summed E-state index contributed by atoms with van der Waals surface area (Å²) in [5.41, 5.74) is 2.56. The maximum atomic E-state index is 10.5. The molecule has 1 unspecified atom stereocenters. The van der Waals surface area contributed by atoms with E-state index in [1.54, 1.807) is 0 Å². The van der Waals surface area contributed by atoms with Crippen LogP contribution in [0.5, 0.6) is 0 Å². The molecule has 1 aromatic carbocycles.